The molecule has 0 spiro atoms. The third-order valence-electron chi connectivity index (χ3n) is 2.99. The minimum atomic E-state index is 0.282. The molecule has 5 heteroatoms. The summed E-state index contributed by atoms with van der Waals surface area (Å²) in [5, 5.41) is 4.35. The lowest BCUT2D eigenvalue weighted by Crippen LogP contribution is -2.10. The Kier molecular flexibility index (Phi) is 4.84. The molecule has 0 aliphatic carbocycles. The predicted octanol–water partition coefficient (Wildman–Crippen LogP) is 2.87. The Morgan fingerprint density at radius 2 is 2.05 bits per heavy atom. The molecule has 0 aliphatic heterocycles. The lowest BCUT2D eigenvalue weighted by Gasteiger charge is -2.11. The lowest BCUT2D eigenvalue weighted by molar-refractivity contribution is 0.0787. The van der Waals surface area contributed by atoms with Gasteiger partial charge in [-0.1, -0.05) is 0 Å². The minimum absolute atomic E-state index is 0.282. The molecule has 0 bridgehead atoms. The summed E-state index contributed by atoms with van der Waals surface area (Å²) < 4.78 is 5.52. The molecule has 2 aromatic rings. The van der Waals surface area contributed by atoms with Gasteiger partial charge < -0.3 is 10.1 Å². The van der Waals surface area contributed by atoms with Crippen LogP contribution in [-0.4, -0.2) is 34.2 Å². The average molecular weight is 274 g/mol. The SMILES string of the molecule is Cc1cc(C)c2c(NCCCOC(C)C)ncnc2n1. The van der Waals surface area contributed by atoms with Crippen molar-refractivity contribution >= 4 is 16.9 Å². The van der Waals surface area contributed by atoms with Crippen molar-refractivity contribution in [2.75, 3.05) is 18.5 Å². The molecule has 0 saturated carbocycles. The number of rotatable bonds is 6. The number of ether oxygens (including phenoxy) is 1. The zero-order valence-corrected chi connectivity index (χ0v) is 12.6. The third kappa shape index (κ3) is 3.63. The van der Waals surface area contributed by atoms with Gasteiger partial charge in [-0.2, -0.15) is 0 Å². The zero-order valence-electron chi connectivity index (χ0n) is 12.6. The van der Waals surface area contributed by atoms with Gasteiger partial charge in [0, 0.05) is 18.8 Å². The fourth-order valence-corrected chi connectivity index (χ4v) is 2.14. The lowest BCUT2D eigenvalue weighted by atomic mass is 10.1. The summed E-state index contributed by atoms with van der Waals surface area (Å²) in [5.74, 6) is 0.851. The highest BCUT2D eigenvalue weighted by molar-refractivity contribution is 5.89. The number of aromatic nitrogens is 3. The van der Waals surface area contributed by atoms with Gasteiger partial charge >= 0.3 is 0 Å². The molecule has 0 unspecified atom stereocenters. The van der Waals surface area contributed by atoms with Gasteiger partial charge in [-0.3, -0.25) is 0 Å². The van der Waals surface area contributed by atoms with E-state index in [4.69, 9.17) is 4.74 Å². The molecular weight excluding hydrogens is 252 g/mol. The van der Waals surface area contributed by atoms with E-state index in [0.717, 1.165) is 47.7 Å². The summed E-state index contributed by atoms with van der Waals surface area (Å²) in [6, 6.07) is 2.05. The van der Waals surface area contributed by atoms with E-state index in [2.05, 4.69) is 33.3 Å². The van der Waals surface area contributed by atoms with Gasteiger partial charge in [0.15, 0.2) is 5.65 Å². The fraction of sp³-hybridized carbons (Fsp3) is 0.533. The number of nitrogens with zero attached hydrogens (tertiary/aromatic N) is 3. The van der Waals surface area contributed by atoms with E-state index in [1.807, 2.05) is 20.8 Å². The van der Waals surface area contributed by atoms with Crippen LogP contribution >= 0.6 is 0 Å². The number of hydrogen-bond donors (Lipinski definition) is 1. The van der Waals surface area contributed by atoms with E-state index in [0.29, 0.717) is 0 Å². The van der Waals surface area contributed by atoms with Crippen LogP contribution in [0.3, 0.4) is 0 Å². The summed E-state index contributed by atoms with van der Waals surface area (Å²) in [4.78, 5) is 13.0. The Bertz CT molecular complexity index is 583. The summed E-state index contributed by atoms with van der Waals surface area (Å²) in [6.07, 6.45) is 2.78. The predicted molar refractivity (Wildman–Crippen MR) is 81.0 cm³/mol. The Morgan fingerprint density at radius 3 is 2.80 bits per heavy atom. The maximum atomic E-state index is 5.52. The Hall–Kier alpha value is -1.75. The zero-order chi connectivity index (χ0) is 14.5. The molecule has 0 aliphatic rings. The van der Waals surface area contributed by atoms with Gasteiger partial charge in [0.1, 0.15) is 12.1 Å². The molecule has 1 N–H and O–H groups in total. The average Bonchev–Trinajstić information content (AvgIpc) is 2.37. The van der Waals surface area contributed by atoms with Crippen LogP contribution in [0, 0.1) is 13.8 Å². The fourth-order valence-electron chi connectivity index (χ4n) is 2.14. The maximum absolute atomic E-state index is 5.52. The van der Waals surface area contributed by atoms with Crippen molar-refractivity contribution in [1.29, 1.82) is 0 Å². The highest BCUT2D eigenvalue weighted by Crippen LogP contribution is 2.22. The molecule has 2 heterocycles. The molecule has 0 fully saturated rings. The topological polar surface area (TPSA) is 59.9 Å². The number of hydrogen-bond acceptors (Lipinski definition) is 5. The normalized spacial score (nSPS) is 11.2. The Labute approximate surface area is 119 Å². The van der Waals surface area contributed by atoms with Crippen molar-refractivity contribution in [1.82, 2.24) is 15.0 Å². The number of anilines is 1. The molecule has 5 nitrogen and oxygen atoms in total. The van der Waals surface area contributed by atoms with E-state index >= 15 is 0 Å². The van der Waals surface area contributed by atoms with E-state index in [1.54, 1.807) is 6.33 Å². The molecule has 0 radical (unpaired) electrons. The van der Waals surface area contributed by atoms with E-state index in [9.17, 15) is 0 Å². The number of aryl methyl sites for hydroxylation is 2. The van der Waals surface area contributed by atoms with Crippen molar-refractivity contribution in [3.8, 4) is 0 Å². The standard InChI is InChI=1S/C15H22N4O/c1-10(2)20-7-5-6-16-14-13-11(3)8-12(4)19-15(13)18-9-17-14/h8-10H,5-7H2,1-4H3,(H,16,17,18,19). The highest BCUT2D eigenvalue weighted by Gasteiger charge is 2.08. The van der Waals surface area contributed by atoms with Gasteiger partial charge in [-0.05, 0) is 45.7 Å². The summed E-state index contributed by atoms with van der Waals surface area (Å²) in [7, 11) is 0. The van der Waals surface area contributed by atoms with Crippen molar-refractivity contribution in [2.45, 2.75) is 40.2 Å². The monoisotopic (exact) mass is 274 g/mol. The summed E-state index contributed by atoms with van der Waals surface area (Å²) in [5.41, 5.74) is 2.87. The number of fused-ring (bicyclic) bond motifs is 1. The van der Waals surface area contributed by atoms with Crippen LogP contribution < -0.4 is 5.32 Å². The van der Waals surface area contributed by atoms with Gasteiger partial charge in [0.2, 0.25) is 0 Å². The Balaban J connectivity index is 2.07. The van der Waals surface area contributed by atoms with E-state index < -0.39 is 0 Å². The molecule has 0 amide bonds. The largest absolute Gasteiger partial charge is 0.379 e. The first-order valence-corrected chi connectivity index (χ1v) is 7.02. The van der Waals surface area contributed by atoms with E-state index in [-0.39, 0.29) is 6.10 Å². The number of nitrogens with one attached hydrogen (secondary N) is 1. The van der Waals surface area contributed by atoms with Crippen molar-refractivity contribution < 1.29 is 4.74 Å². The van der Waals surface area contributed by atoms with Crippen LogP contribution in [0.4, 0.5) is 5.82 Å². The smallest absolute Gasteiger partial charge is 0.165 e. The quantitative estimate of drug-likeness (QED) is 0.821. The molecule has 0 saturated heterocycles. The number of pyridine rings is 1. The van der Waals surface area contributed by atoms with Gasteiger partial charge in [-0.25, -0.2) is 15.0 Å². The molecule has 108 valence electrons. The van der Waals surface area contributed by atoms with Crippen LogP contribution in [0.5, 0.6) is 0 Å². The van der Waals surface area contributed by atoms with Crippen molar-refractivity contribution in [2.24, 2.45) is 0 Å². The second-order valence-electron chi connectivity index (χ2n) is 5.20. The first-order valence-electron chi connectivity index (χ1n) is 7.02. The molecule has 0 atom stereocenters. The second kappa shape index (κ2) is 6.61. The van der Waals surface area contributed by atoms with Crippen LogP contribution in [-0.2, 0) is 4.74 Å². The maximum Gasteiger partial charge on any atom is 0.165 e. The van der Waals surface area contributed by atoms with Crippen molar-refractivity contribution in [3.63, 3.8) is 0 Å². The van der Waals surface area contributed by atoms with Crippen molar-refractivity contribution in [3.05, 3.63) is 23.7 Å². The van der Waals surface area contributed by atoms with E-state index in [1.165, 1.54) is 0 Å². The highest BCUT2D eigenvalue weighted by atomic mass is 16.5. The third-order valence-corrected chi connectivity index (χ3v) is 2.99. The van der Waals surface area contributed by atoms with Crippen LogP contribution in [0.25, 0.3) is 11.0 Å². The summed E-state index contributed by atoms with van der Waals surface area (Å²) >= 11 is 0. The Morgan fingerprint density at radius 1 is 1.25 bits per heavy atom. The first kappa shape index (κ1) is 14.7. The molecule has 0 aromatic carbocycles. The molecule has 20 heavy (non-hydrogen) atoms. The van der Waals surface area contributed by atoms with Crippen LogP contribution in [0.2, 0.25) is 0 Å². The molecule has 2 aromatic heterocycles. The van der Waals surface area contributed by atoms with Gasteiger partial charge in [0.05, 0.1) is 11.5 Å². The summed E-state index contributed by atoms with van der Waals surface area (Å²) in [6.45, 7) is 9.71. The first-order chi connectivity index (χ1) is 9.58. The van der Waals surface area contributed by atoms with Gasteiger partial charge in [-0.15, -0.1) is 0 Å². The minimum Gasteiger partial charge on any atom is -0.379 e. The van der Waals surface area contributed by atoms with Gasteiger partial charge in [0.25, 0.3) is 0 Å². The second-order valence-corrected chi connectivity index (χ2v) is 5.20. The molecular formula is C15H22N4O. The molecule has 2 rings (SSSR count). The van der Waals surface area contributed by atoms with Crippen LogP contribution in [0.1, 0.15) is 31.5 Å². The van der Waals surface area contributed by atoms with Crippen LogP contribution in [0.15, 0.2) is 12.4 Å².